The maximum absolute atomic E-state index is 12.2. The molecule has 4 rings (SSSR count). The summed E-state index contributed by atoms with van der Waals surface area (Å²) >= 11 is 2.70. The summed E-state index contributed by atoms with van der Waals surface area (Å²) in [4.78, 5) is 29.0. The van der Waals surface area contributed by atoms with Crippen molar-refractivity contribution in [3.05, 3.63) is 38.7 Å². The number of nitrogens with one attached hydrogen (secondary N) is 1. The molecule has 0 atom stereocenters. The van der Waals surface area contributed by atoms with Gasteiger partial charge in [0.1, 0.15) is 10.6 Å². The second-order valence-electron chi connectivity index (χ2n) is 4.71. The molecule has 1 aliphatic carbocycles. The number of aromatic nitrogens is 4. The van der Waals surface area contributed by atoms with Crippen LogP contribution in [0.5, 0.6) is 0 Å². The number of thiazole rings is 1. The predicted octanol–water partition coefficient (Wildman–Crippen LogP) is 1.74. The number of carbonyl (C=O) groups is 1. The fourth-order valence-corrected chi connectivity index (χ4v) is 3.51. The van der Waals surface area contributed by atoms with Crippen molar-refractivity contribution in [2.75, 3.05) is 5.32 Å². The number of rotatable bonds is 3. The SMILES string of the molecule is O=C(Nc1nnc(C2CC2)s1)c1cnc2sccn2c1=O. The Morgan fingerprint density at radius 1 is 1.38 bits per heavy atom. The van der Waals surface area contributed by atoms with E-state index in [0.717, 1.165) is 17.8 Å². The Hall–Kier alpha value is -2.13. The highest BCUT2D eigenvalue weighted by Crippen LogP contribution is 2.42. The minimum atomic E-state index is -0.508. The van der Waals surface area contributed by atoms with E-state index in [9.17, 15) is 9.59 Å². The standard InChI is InChI=1S/C12H9N5O2S2/c18-8(14-11-16-15-9(21-11)6-1-2-6)7-5-13-12-17(10(7)19)3-4-20-12/h3-6H,1-2H2,(H,14,16,18). The van der Waals surface area contributed by atoms with Gasteiger partial charge < -0.3 is 0 Å². The van der Waals surface area contributed by atoms with Gasteiger partial charge in [-0.15, -0.1) is 21.5 Å². The lowest BCUT2D eigenvalue weighted by Gasteiger charge is -2.00. The van der Waals surface area contributed by atoms with Crippen molar-refractivity contribution in [2.45, 2.75) is 18.8 Å². The molecule has 1 saturated carbocycles. The molecule has 21 heavy (non-hydrogen) atoms. The zero-order valence-electron chi connectivity index (χ0n) is 10.6. The van der Waals surface area contributed by atoms with Crippen LogP contribution < -0.4 is 10.9 Å². The number of fused-ring (bicyclic) bond motifs is 1. The van der Waals surface area contributed by atoms with E-state index in [1.165, 1.54) is 33.3 Å². The summed E-state index contributed by atoms with van der Waals surface area (Å²) < 4.78 is 1.36. The molecule has 0 saturated heterocycles. The third-order valence-corrected chi connectivity index (χ3v) is 4.95. The summed E-state index contributed by atoms with van der Waals surface area (Å²) in [6, 6.07) is 0. The zero-order valence-corrected chi connectivity index (χ0v) is 12.3. The van der Waals surface area contributed by atoms with Gasteiger partial charge in [0, 0.05) is 23.7 Å². The van der Waals surface area contributed by atoms with Gasteiger partial charge in [-0.2, -0.15) is 0 Å². The van der Waals surface area contributed by atoms with Crippen LogP contribution >= 0.6 is 22.7 Å². The Bertz CT molecular complexity index is 892. The van der Waals surface area contributed by atoms with E-state index in [1.807, 2.05) is 0 Å². The van der Waals surface area contributed by atoms with Crippen molar-refractivity contribution in [3.8, 4) is 0 Å². The number of nitrogens with zero attached hydrogens (tertiary/aromatic N) is 4. The number of anilines is 1. The first-order valence-electron chi connectivity index (χ1n) is 6.32. The van der Waals surface area contributed by atoms with Crippen LogP contribution in [0.3, 0.4) is 0 Å². The lowest BCUT2D eigenvalue weighted by Crippen LogP contribution is -2.25. The van der Waals surface area contributed by atoms with E-state index in [1.54, 1.807) is 11.6 Å². The van der Waals surface area contributed by atoms with Gasteiger partial charge in [0.05, 0.1) is 0 Å². The van der Waals surface area contributed by atoms with Crippen molar-refractivity contribution < 1.29 is 4.79 Å². The van der Waals surface area contributed by atoms with Gasteiger partial charge in [-0.05, 0) is 12.8 Å². The summed E-state index contributed by atoms with van der Waals surface area (Å²) in [5, 5.41) is 13.7. The van der Waals surface area contributed by atoms with Gasteiger partial charge in [-0.3, -0.25) is 19.3 Å². The predicted molar refractivity (Wildman–Crippen MR) is 79.2 cm³/mol. The highest BCUT2D eigenvalue weighted by atomic mass is 32.1. The molecule has 3 aromatic rings. The van der Waals surface area contributed by atoms with Crippen LogP contribution in [0.15, 0.2) is 22.6 Å². The molecule has 0 unspecified atom stereocenters. The van der Waals surface area contributed by atoms with E-state index >= 15 is 0 Å². The van der Waals surface area contributed by atoms with E-state index < -0.39 is 5.91 Å². The summed E-state index contributed by atoms with van der Waals surface area (Å²) in [6.07, 6.45) is 5.15. The molecular weight excluding hydrogens is 310 g/mol. The molecule has 1 amide bonds. The van der Waals surface area contributed by atoms with Gasteiger partial charge in [-0.1, -0.05) is 11.3 Å². The number of amides is 1. The molecule has 0 bridgehead atoms. The van der Waals surface area contributed by atoms with E-state index in [4.69, 9.17) is 0 Å². The van der Waals surface area contributed by atoms with Gasteiger partial charge in [0.15, 0.2) is 4.96 Å². The highest BCUT2D eigenvalue weighted by molar-refractivity contribution is 7.15. The molecule has 0 spiro atoms. The van der Waals surface area contributed by atoms with Crippen LogP contribution in [0.4, 0.5) is 5.13 Å². The smallest absolute Gasteiger partial charge is 0.271 e. The third kappa shape index (κ3) is 2.24. The first kappa shape index (κ1) is 12.6. The second-order valence-corrected chi connectivity index (χ2v) is 6.59. The van der Waals surface area contributed by atoms with Gasteiger partial charge in [-0.25, -0.2) is 4.98 Å². The fourth-order valence-electron chi connectivity index (χ4n) is 1.93. The van der Waals surface area contributed by atoms with Crippen molar-refractivity contribution in [2.24, 2.45) is 0 Å². The average Bonchev–Trinajstić information content (AvgIpc) is 3.02. The van der Waals surface area contributed by atoms with E-state index in [2.05, 4.69) is 20.5 Å². The maximum Gasteiger partial charge on any atom is 0.271 e. The number of hydrogen-bond donors (Lipinski definition) is 1. The molecular formula is C12H9N5O2S2. The molecule has 3 aromatic heterocycles. The zero-order chi connectivity index (χ0) is 14.4. The molecule has 9 heteroatoms. The van der Waals surface area contributed by atoms with Crippen LogP contribution in [-0.4, -0.2) is 25.5 Å². The second kappa shape index (κ2) is 4.71. The molecule has 0 aromatic carbocycles. The monoisotopic (exact) mass is 319 g/mol. The molecule has 1 aliphatic rings. The lowest BCUT2D eigenvalue weighted by atomic mass is 10.3. The minimum Gasteiger partial charge on any atom is -0.296 e. The Kier molecular flexibility index (Phi) is 2.82. The highest BCUT2D eigenvalue weighted by Gasteiger charge is 2.28. The van der Waals surface area contributed by atoms with Crippen molar-refractivity contribution in [1.29, 1.82) is 0 Å². The molecule has 7 nitrogen and oxygen atoms in total. The van der Waals surface area contributed by atoms with Crippen LogP contribution in [0, 0.1) is 0 Å². The topological polar surface area (TPSA) is 89.2 Å². The van der Waals surface area contributed by atoms with Crippen LogP contribution in [-0.2, 0) is 0 Å². The van der Waals surface area contributed by atoms with Crippen molar-refractivity contribution in [3.63, 3.8) is 0 Å². The fraction of sp³-hybridized carbons (Fsp3) is 0.250. The Labute approximate surface area is 126 Å². The van der Waals surface area contributed by atoms with Gasteiger partial charge in [0.25, 0.3) is 11.5 Å². The molecule has 1 N–H and O–H groups in total. The van der Waals surface area contributed by atoms with Crippen LogP contribution in [0.25, 0.3) is 4.96 Å². The third-order valence-electron chi connectivity index (χ3n) is 3.18. The summed E-state index contributed by atoms with van der Waals surface area (Å²) in [5.41, 5.74) is -0.389. The normalized spacial score (nSPS) is 14.5. The number of carbonyl (C=O) groups excluding carboxylic acids is 1. The first-order chi connectivity index (χ1) is 10.2. The maximum atomic E-state index is 12.2. The molecule has 3 heterocycles. The molecule has 0 aliphatic heterocycles. The first-order valence-corrected chi connectivity index (χ1v) is 8.01. The summed E-state index contributed by atoms with van der Waals surface area (Å²) in [6.45, 7) is 0. The lowest BCUT2D eigenvalue weighted by molar-refractivity contribution is 0.102. The Balaban J connectivity index is 1.62. The molecule has 0 radical (unpaired) electrons. The van der Waals surface area contributed by atoms with Crippen molar-refractivity contribution >= 4 is 38.7 Å². The van der Waals surface area contributed by atoms with Crippen LogP contribution in [0.2, 0.25) is 0 Å². The van der Waals surface area contributed by atoms with Crippen molar-refractivity contribution in [1.82, 2.24) is 19.6 Å². The minimum absolute atomic E-state index is 0.00549. The summed E-state index contributed by atoms with van der Waals surface area (Å²) in [7, 11) is 0. The quantitative estimate of drug-likeness (QED) is 0.794. The Morgan fingerprint density at radius 3 is 3.05 bits per heavy atom. The van der Waals surface area contributed by atoms with E-state index in [0.29, 0.717) is 16.0 Å². The van der Waals surface area contributed by atoms with Gasteiger partial charge in [0.2, 0.25) is 5.13 Å². The summed E-state index contributed by atoms with van der Waals surface area (Å²) in [5.74, 6) is -0.0193. The largest absolute Gasteiger partial charge is 0.296 e. The van der Waals surface area contributed by atoms with Crippen LogP contribution in [0.1, 0.15) is 34.1 Å². The van der Waals surface area contributed by atoms with Gasteiger partial charge >= 0.3 is 0 Å². The Morgan fingerprint density at radius 2 is 2.24 bits per heavy atom. The number of hydrogen-bond acceptors (Lipinski definition) is 7. The average molecular weight is 319 g/mol. The molecule has 106 valence electrons. The molecule has 1 fully saturated rings. The van der Waals surface area contributed by atoms with E-state index in [-0.39, 0.29) is 11.1 Å².